The van der Waals surface area contributed by atoms with Gasteiger partial charge in [-0.1, -0.05) is 6.07 Å². The molecule has 0 radical (unpaired) electrons. The summed E-state index contributed by atoms with van der Waals surface area (Å²) in [6, 6.07) is 11.2. The van der Waals surface area contributed by atoms with Gasteiger partial charge in [0.15, 0.2) is 0 Å². The van der Waals surface area contributed by atoms with Gasteiger partial charge in [-0.05, 0) is 35.7 Å². The average Bonchev–Trinajstić information content (AvgIpc) is 3.29. The summed E-state index contributed by atoms with van der Waals surface area (Å²) in [7, 11) is -1.95. The third-order valence-electron chi connectivity index (χ3n) is 4.74. The Morgan fingerprint density at radius 3 is 2.48 bits per heavy atom. The normalized spacial score (nSPS) is 15.3. The quantitative estimate of drug-likeness (QED) is 0.606. The molecule has 158 valence electrons. The highest BCUT2D eigenvalue weighted by molar-refractivity contribution is 7.91. The number of anilines is 1. The fourth-order valence-electron chi connectivity index (χ4n) is 3.09. The zero-order chi connectivity index (χ0) is 20.7. The van der Waals surface area contributed by atoms with Gasteiger partial charge in [0.1, 0.15) is 9.96 Å². The number of benzene rings is 1. The number of nitrogens with one attached hydrogen (secondary N) is 2. The third-order valence-corrected chi connectivity index (χ3v) is 7.54. The van der Waals surface area contributed by atoms with Crippen LogP contribution in [0.1, 0.15) is 0 Å². The van der Waals surface area contributed by atoms with Gasteiger partial charge in [-0.25, -0.2) is 13.1 Å². The van der Waals surface area contributed by atoms with Gasteiger partial charge in [0.2, 0.25) is 5.91 Å². The fourth-order valence-corrected chi connectivity index (χ4v) is 5.11. The Balaban J connectivity index is 1.33. The van der Waals surface area contributed by atoms with Crippen molar-refractivity contribution >= 4 is 33.0 Å². The first kappa shape index (κ1) is 21.6. The number of carbonyl (C=O) groups excluding carboxylic acids is 1. The first-order valence-electron chi connectivity index (χ1n) is 9.39. The maximum absolute atomic E-state index is 12.0. The molecule has 2 N–H and O–H groups in total. The summed E-state index contributed by atoms with van der Waals surface area (Å²) in [5, 5.41) is 4.46. The molecule has 1 saturated heterocycles. The maximum atomic E-state index is 12.0. The molecule has 1 fully saturated rings. The van der Waals surface area contributed by atoms with Crippen LogP contribution in [0, 0.1) is 0 Å². The predicted molar refractivity (Wildman–Crippen MR) is 114 cm³/mol. The second kappa shape index (κ2) is 10.1. The second-order valence-electron chi connectivity index (χ2n) is 6.63. The van der Waals surface area contributed by atoms with Crippen molar-refractivity contribution in [2.75, 3.05) is 57.8 Å². The smallest absolute Gasteiger partial charge is 0.250 e. The molecule has 10 heteroatoms. The zero-order valence-electron chi connectivity index (χ0n) is 16.3. The molecular weight excluding hydrogens is 412 g/mol. The van der Waals surface area contributed by atoms with Crippen LogP contribution < -0.4 is 19.7 Å². The highest BCUT2D eigenvalue weighted by Crippen LogP contribution is 2.20. The second-order valence-corrected chi connectivity index (χ2v) is 9.57. The van der Waals surface area contributed by atoms with Gasteiger partial charge in [-0.15, -0.1) is 11.3 Å². The van der Waals surface area contributed by atoms with E-state index in [-0.39, 0.29) is 16.7 Å². The average molecular weight is 439 g/mol. The minimum absolute atomic E-state index is 0.208. The third kappa shape index (κ3) is 6.17. The summed E-state index contributed by atoms with van der Waals surface area (Å²) in [4.78, 5) is 16.5. The largest absolute Gasteiger partial charge is 0.497 e. The number of methoxy groups -OCH3 is 1. The van der Waals surface area contributed by atoms with Crippen LogP contribution in [0.2, 0.25) is 0 Å². The van der Waals surface area contributed by atoms with Gasteiger partial charge < -0.3 is 15.0 Å². The Hall–Kier alpha value is -2.14. The van der Waals surface area contributed by atoms with Gasteiger partial charge in [-0.2, -0.15) is 0 Å². The molecule has 0 bridgehead atoms. The molecule has 2 heterocycles. The van der Waals surface area contributed by atoms with Gasteiger partial charge >= 0.3 is 0 Å². The number of rotatable bonds is 9. The fraction of sp³-hybridized carbons (Fsp3) is 0.421. The van der Waals surface area contributed by atoms with Crippen molar-refractivity contribution in [1.82, 2.24) is 14.9 Å². The number of ether oxygens (including phenoxy) is 1. The van der Waals surface area contributed by atoms with Gasteiger partial charge in [0.05, 0.1) is 13.7 Å². The summed E-state index contributed by atoms with van der Waals surface area (Å²) in [5.74, 6) is 0.516. The SMILES string of the molecule is COc1ccc(N2CCN(CCNC(=O)CNS(=O)(=O)c3cccs3)CC2)cc1. The summed E-state index contributed by atoms with van der Waals surface area (Å²) >= 11 is 1.12. The van der Waals surface area contributed by atoms with Crippen LogP contribution in [0.25, 0.3) is 0 Å². The number of piperazine rings is 1. The number of carbonyl (C=O) groups is 1. The highest BCUT2D eigenvalue weighted by Gasteiger charge is 2.18. The number of thiophene rings is 1. The minimum Gasteiger partial charge on any atom is -0.497 e. The molecule has 0 saturated carbocycles. The Morgan fingerprint density at radius 1 is 1.14 bits per heavy atom. The monoisotopic (exact) mass is 438 g/mol. The van der Waals surface area contributed by atoms with Gasteiger partial charge in [0, 0.05) is 45.0 Å². The van der Waals surface area contributed by atoms with E-state index < -0.39 is 10.0 Å². The molecule has 29 heavy (non-hydrogen) atoms. The Kier molecular flexibility index (Phi) is 7.48. The zero-order valence-corrected chi connectivity index (χ0v) is 18.0. The van der Waals surface area contributed by atoms with Crippen molar-refractivity contribution in [1.29, 1.82) is 0 Å². The Morgan fingerprint density at radius 2 is 1.86 bits per heavy atom. The van der Waals surface area contributed by atoms with E-state index in [0.29, 0.717) is 6.54 Å². The van der Waals surface area contributed by atoms with E-state index in [1.54, 1.807) is 18.6 Å². The lowest BCUT2D eigenvalue weighted by molar-refractivity contribution is -0.120. The molecule has 0 spiro atoms. The minimum atomic E-state index is -3.61. The molecule has 0 unspecified atom stereocenters. The van der Waals surface area contributed by atoms with E-state index >= 15 is 0 Å². The number of hydrogen-bond acceptors (Lipinski definition) is 7. The van der Waals surface area contributed by atoms with E-state index in [1.807, 2.05) is 12.1 Å². The Bertz CT molecular complexity index is 877. The number of amides is 1. The van der Waals surface area contributed by atoms with Crippen LogP contribution in [0.15, 0.2) is 46.0 Å². The summed E-state index contributed by atoms with van der Waals surface area (Å²) in [5.41, 5.74) is 1.18. The number of sulfonamides is 1. The van der Waals surface area contributed by atoms with Crippen LogP contribution in [0.5, 0.6) is 5.75 Å². The van der Waals surface area contributed by atoms with Gasteiger partial charge in [-0.3, -0.25) is 9.69 Å². The van der Waals surface area contributed by atoms with Crippen LogP contribution in [0.4, 0.5) is 5.69 Å². The number of hydrogen-bond donors (Lipinski definition) is 2. The van der Waals surface area contributed by atoms with Crippen molar-refractivity contribution in [3.63, 3.8) is 0 Å². The lowest BCUT2D eigenvalue weighted by atomic mass is 10.2. The molecular formula is C19H26N4O4S2. The van der Waals surface area contributed by atoms with Gasteiger partial charge in [0.25, 0.3) is 10.0 Å². The van der Waals surface area contributed by atoms with E-state index in [0.717, 1.165) is 49.8 Å². The first-order valence-corrected chi connectivity index (χ1v) is 11.8. The van der Waals surface area contributed by atoms with Crippen molar-refractivity contribution < 1.29 is 17.9 Å². The van der Waals surface area contributed by atoms with Crippen molar-refractivity contribution in [2.45, 2.75) is 4.21 Å². The maximum Gasteiger partial charge on any atom is 0.250 e. The molecule has 3 rings (SSSR count). The first-order chi connectivity index (χ1) is 14.0. The van der Waals surface area contributed by atoms with E-state index in [1.165, 1.54) is 11.8 Å². The predicted octanol–water partition coefficient (Wildman–Crippen LogP) is 0.973. The standard InChI is InChI=1S/C19H26N4O4S2/c1-27-17-6-4-16(5-7-17)23-12-10-22(11-13-23)9-8-20-18(24)15-21-29(25,26)19-3-2-14-28-19/h2-7,14,21H,8-13,15H2,1H3,(H,20,24). The van der Waals surface area contributed by atoms with Crippen LogP contribution in [-0.2, 0) is 14.8 Å². The van der Waals surface area contributed by atoms with Crippen LogP contribution in [0.3, 0.4) is 0 Å². The molecule has 1 amide bonds. The van der Waals surface area contributed by atoms with E-state index in [9.17, 15) is 13.2 Å². The molecule has 0 atom stereocenters. The molecule has 2 aromatic rings. The molecule has 8 nitrogen and oxygen atoms in total. The lowest BCUT2D eigenvalue weighted by Crippen LogP contribution is -2.49. The molecule has 1 aromatic carbocycles. The molecule has 1 aliphatic heterocycles. The Labute approximate surface area is 175 Å². The van der Waals surface area contributed by atoms with Crippen molar-refractivity contribution in [2.24, 2.45) is 0 Å². The van der Waals surface area contributed by atoms with Crippen molar-refractivity contribution in [3.8, 4) is 5.75 Å². The van der Waals surface area contributed by atoms with Crippen molar-refractivity contribution in [3.05, 3.63) is 41.8 Å². The summed E-state index contributed by atoms with van der Waals surface area (Å²) in [6.07, 6.45) is 0. The molecule has 1 aliphatic rings. The highest BCUT2D eigenvalue weighted by atomic mass is 32.2. The number of nitrogens with zero attached hydrogens (tertiary/aromatic N) is 2. The molecule has 1 aromatic heterocycles. The topological polar surface area (TPSA) is 91.0 Å². The summed E-state index contributed by atoms with van der Waals surface area (Å²) in [6.45, 7) is 4.62. The summed E-state index contributed by atoms with van der Waals surface area (Å²) < 4.78 is 31.7. The van der Waals surface area contributed by atoms with E-state index in [2.05, 4.69) is 32.0 Å². The van der Waals surface area contributed by atoms with Crippen LogP contribution in [-0.4, -0.2) is 72.1 Å². The lowest BCUT2D eigenvalue weighted by Gasteiger charge is -2.36. The van der Waals surface area contributed by atoms with E-state index in [4.69, 9.17) is 4.74 Å². The molecule has 0 aliphatic carbocycles. The van der Waals surface area contributed by atoms with Crippen LogP contribution >= 0.6 is 11.3 Å².